The summed E-state index contributed by atoms with van der Waals surface area (Å²) >= 11 is 0. The Kier molecular flexibility index (Phi) is 4.35. The van der Waals surface area contributed by atoms with Crippen molar-refractivity contribution in [2.24, 2.45) is 5.41 Å². The van der Waals surface area contributed by atoms with Crippen LogP contribution in [0.1, 0.15) is 57.6 Å². The Balaban J connectivity index is 2.10. The van der Waals surface area contributed by atoms with Gasteiger partial charge in [0.15, 0.2) is 0 Å². The smallest absolute Gasteiger partial charge is 0.000799 e. The lowest BCUT2D eigenvalue weighted by Gasteiger charge is -2.29. The van der Waals surface area contributed by atoms with Crippen molar-refractivity contribution in [1.29, 1.82) is 0 Å². The summed E-state index contributed by atoms with van der Waals surface area (Å²) in [7, 11) is 2.09. The predicted molar refractivity (Wildman–Crippen MR) is 83.7 cm³/mol. The highest BCUT2D eigenvalue weighted by Crippen LogP contribution is 2.40. The molecule has 1 fully saturated rings. The summed E-state index contributed by atoms with van der Waals surface area (Å²) in [6.07, 6.45) is 6.81. The van der Waals surface area contributed by atoms with Crippen molar-refractivity contribution in [1.82, 2.24) is 5.32 Å². The van der Waals surface area contributed by atoms with E-state index in [4.69, 9.17) is 0 Å². The van der Waals surface area contributed by atoms with Crippen LogP contribution < -0.4 is 5.32 Å². The standard InChI is InChI=1S/C18H29N/c1-17(2,3)16-9-7-15(8-10-16)13-18(14-19-4)11-5-6-12-18/h7-10,19H,5-6,11-14H2,1-4H3. The molecule has 0 aromatic heterocycles. The van der Waals surface area contributed by atoms with Crippen LogP contribution in [0.3, 0.4) is 0 Å². The maximum Gasteiger partial charge on any atom is 0.000799 e. The number of benzene rings is 1. The van der Waals surface area contributed by atoms with E-state index in [9.17, 15) is 0 Å². The van der Waals surface area contributed by atoms with Crippen LogP contribution in [0.15, 0.2) is 24.3 Å². The molecule has 0 amide bonds. The molecule has 1 nitrogen and oxygen atoms in total. The van der Waals surface area contributed by atoms with E-state index in [-0.39, 0.29) is 5.41 Å². The van der Waals surface area contributed by atoms with Gasteiger partial charge in [0.05, 0.1) is 0 Å². The minimum absolute atomic E-state index is 0.258. The summed E-state index contributed by atoms with van der Waals surface area (Å²) in [6, 6.07) is 9.32. The highest BCUT2D eigenvalue weighted by molar-refractivity contribution is 5.28. The molecule has 0 atom stereocenters. The molecule has 1 aliphatic rings. The van der Waals surface area contributed by atoms with E-state index in [1.807, 2.05) is 0 Å². The number of hydrogen-bond donors (Lipinski definition) is 1. The van der Waals surface area contributed by atoms with Gasteiger partial charge in [-0.15, -0.1) is 0 Å². The van der Waals surface area contributed by atoms with Crippen molar-refractivity contribution < 1.29 is 0 Å². The summed E-state index contributed by atoms with van der Waals surface area (Å²) in [4.78, 5) is 0. The first-order chi connectivity index (χ1) is 8.95. The van der Waals surface area contributed by atoms with Crippen LogP contribution in [-0.4, -0.2) is 13.6 Å². The molecule has 1 N–H and O–H groups in total. The van der Waals surface area contributed by atoms with Crippen LogP contribution in [0.5, 0.6) is 0 Å². The molecule has 0 unspecified atom stereocenters. The molecule has 1 aromatic carbocycles. The second-order valence-electron chi connectivity index (χ2n) is 7.36. The zero-order valence-electron chi connectivity index (χ0n) is 13.1. The lowest BCUT2D eigenvalue weighted by atomic mass is 9.79. The number of rotatable bonds is 4. The van der Waals surface area contributed by atoms with Crippen molar-refractivity contribution in [3.05, 3.63) is 35.4 Å². The molecule has 1 aliphatic carbocycles. The topological polar surface area (TPSA) is 12.0 Å². The quantitative estimate of drug-likeness (QED) is 0.850. The Hall–Kier alpha value is -0.820. The van der Waals surface area contributed by atoms with E-state index >= 15 is 0 Å². The van der Waals surface area contributed by atoms with E-state index < -0.39 is 0 Å². The number of nitrogens with one attached hydrogen (secondary N) is 1. The van der Waals surface area contributed by atoms with Gasteiger partial charge in [-0.05, 0) is 48.3 Å². The Morgan fingerprint density at radius 2 is 1.63 bits per heavy atom. The van der Waals surface area contributed by atoms with Crippen molar-refractivity contribution in [3.63, 3.8) is 0 Å². The molecule has 106 valence electrons. The molecule has 0 spiro atoms. The van der Waals surface area contributed by atoms with Crippen molar-refractivity contribution in [3.8, 4) is 0 Å². The van der Waals surface area contributed by atoms with Gasteiger partial charge in [-0.25, -0.2) is 0 Å². The molecule has 1 saturated carbocycles. The van der Waals surface area contributed by atoms with Gasteiger partial charge in [-0.2, -0.15) is 0 Å². The minimum Gasteiger partial charge on any atom is -0.319 e. The van der Waals surface area contributed by atoms with Gasteiger partial charge in [0.2, 0.25) is 0 Å². The Bertz CT molecular complexity index is 391. The first-order valence-electron chi connectivity index (χ1n) is 7.69. The van der Waals surface area contributed by atoms with Crippen LogP contribution >= 0.6 is 0 Å². The van der Waals surface area contributed by atoms with Gasteiger partial charge < -0.3 is 5.32 Å². The van der Waals surface area contributed by atoms with E-state index in [0.29, 0.717) is 5.41 Å². The Labute approximate surface area is 118 Å². The molecule has 1 aromatic rings. The Morgan fingerprint density at radius 1 is 1.05 bits per heavy atom. The molecular weight excluding hydrogens is 230 g/mol. The van der Waals surface area contributed by atoms with Gasteiger partial charge in [-0.1, -0.05) is 57.9 Å². The van der Waals surface area contributed by atoms with Crippen molar-refractivity contribution in [2.75, 3.05) is 13.6 Å². The molecule has 0 heterocycles. The third-order valence-electron chi connectivity index (χ3n) is 4.62. The molecular formula is C18H29N. The van der Waals surface area contributed by atoms with Crippen molar-refractivity contribution >= 4 is 0 Å². The van der Waals surface area contributed by atoms with E-state index in [2.05, 4.69) is 57.4 Å². The van der Waals surface area contributed by atoms with Gasteiger partial charge in [0, 0.05) is 6.54 Å². The highest BCUT2D eigenvalue weighted by atomic mass is 14.8. The van der Waals surface area contributed by atoms with Crippen LogP contribution in [-0.2, 0) is 11.8 Å². The summed E-state index contributed by atoms with van der Waals surface area (Å²) in [5.74, 6) is 0. The first kappa shape index (κ1) is 14.6. The van der Waals surface area contributed by atoms with Crippen LogP contribution in [0.25, 0.3) is 0 Å². The third kappa shape index (κ3) is 3.60. The average molecular weight is 259 g/mol. The van der Waals surface area contributed by atoms with Crippen LogP contribution in [0, 0.1) is 5.41 Å². The number of hydrogen-bond acceptors (Lipinski definition) is 1. The normalized spacial score (nSPS) is 18.7. The second-order valence-corrected chi connectivity index (χ2v) is 7.36. The largest absolute Gasteiger partial charge is 0.319 e. The Morgan fingerprint density at radius 3 is 2.11 bits per heavy atom. The maximum absolute atomic E-state index is 3.41. The van der Waals surface area contributed by atoms with Gasteiger partial charge >= 0.3 is 0 Å². The predicted octanol–water partition coefficient (Wildman–Crippen LogP) is 4.31. The maximum atomic E-state index is 3.41. The van der Waals surface area contributed by atoms with Gasteiger partial charge in [0.1, 0.15) is 0 Å². The lowest BCUT2D eigenvalue weighted by Crippen LogP contribution is -2.32. The molecule has 0 bridgehead atoms. The van der Waals surface area contributed by atoms with E-state index in [1.165, 1.54) is 43.2 Å². The zero-order chi connectivity index (χ0) is 13.9. The van der Waals surface area contributed by atoms with Gasteiger partial charge in [-0.3, -0.25) is 0 Å². The highest BCUT2D eigenvalue weighted by Gasteiger charge is 2.33. The van der Waals surface area contributed by atoms with Crippen molar-refractivity contribution in [2.45, 2.75) is 58.3 Å². The fourth-order valence-electron chi connectivity index (χ4n) is 3.47. The van der Waals surface area contributed by atoms with E-state index in [1.54, 1.807) is 0 Å². The zero-order valence-corrected chi connectivity index (χ0v) is 13.1. The molecule has 1 heteroatoms. The fraction of sp³-hybridized carbons (Fsp3) is 0.667. The molecule has 2 rings (SSSR count). The average Bonchev–Trinajstić information content (AvgIpc) is 2.77. The second kappa shape index (κ2) is 5.66. The first-order valence-corrected chi connectivity index (χ1v) is 7.69. The van der Waals surface area contributed by atoms with Gasteiger partial charge in [0.25, 0.3) is 0 Å². The summed E-state index contributed by atoms with van der Waals surface area (Å²) in [5, 5.41) is 3.41. The summed E-state index contributed by atoms with van der Waals surface area (Å²) < 4.78 is 0. The van der Waals surface area contributed by atoms with E-state index in [0.717, 1.165) is 6.54 Å². The molecule has 0 radical (unpaired) electrons. The SMILES string of the molecule is CNCC1(Cc2ccc(C(C)(C)C)cc2)CCCC1. The third-order valence-corrected chi connectivity index (χ3v) is 4.62. The molecule has 19 heavy (non-hydrogen) atoms. The summed E-state index contributed by atoms with van der Waals surface area (Å²) in [5.41, 5.74) is 3.71. The van der Waals surface area contributed by atoms with Crippen LogP contribution in [0.2, 0.25) is 0 Å². The minimum atomic E-state index is 0.258. The van der Waals surface area contributed by atoms with Crippen LogP contribution in [0.4, 0.5) is 0 Å². The lowest BCUT2D eigenvalue weighted by molar-refractivity contribution is 0.286. The molecule has 0 saturated heterocycles. The fourth-order valence-corrected chi connectivity index (χ4v) is 3.47. The summed E-state index contributed by atoms with van der Waals surface area (Å²) in [6.45, 7) is 8.00. The molecule has 0 aliphatic heterocycles. The monoisotopic (exact) mass is 259 g/mol.